The van der Waals surface area contributed by atoms with Crippen LogP contribution in [0.3, 0.4) is 0 Å². The van der Waals surface area contributed by atoms with Crippen molar-refractivity contribution in [1.29, 1.82) is 0 Å². The Morgan fingerprint density at radius 1 is 1.00 bits per heavy atom. The van der Waals surface area contributed by atoms with Crippen molar-refractivity contribution in [1.82, 2.24) is 4.90 Å². The third-order valence-corrected chi connectivity index (χ3v) is 3.36. The van der Waals surface area contributed by atoms with Gasteiger partial charge in [0.1, 0.15) is 0 Å². The molecule has 0 saturated carbocycles. The average molecular weight is 314 g/mol. The monoisotopic (exact) mass is 313 g/mol. The summed E-state index contributed by atoms with van der Waals surface area (Å²) in [6, 6.07) is 0. The van der Waals surface area contributed by atoms with Crippen LogP contribution in [0.25, 0.3) is 0 Å². The Morgan fingerprint density at radius 2 is 1.79 bits per heavy atom. The number of halogens is 2. The fourth-order valence-electron chi connectivity index (χ4n) is 1.95. The van der Waals surface area contributed by atoms with Gasteiger partial charge in [-0.3, -0.25) is 4.90 Å². The number of rotatable bonds is 11. The van der Waals surface area contributed by atoms with Gasteiger partial charge in [0.05, 0.1) is 19.8 Å². The van der Waals surface area contributed by atoms with Gasteiger partial charge in [-0.05, 0) is 19.3 Å². The molecular formula is C13H25Cl2NO3. The molecule has 1 saturated heterocycles. The van der Waals surface area contributed by atoms with Crippen molar-refractivity contribution in [2.24, 2.45) is 0 Å². The summed E-state index contributed by atoms with van der Waals surface area (Å²) in [5.41, 5.74) is 0. The predicted octanol–water partition coefficient (Wildman–Crippen LogP) is 2.33. The lowest BCUT2D eigenvalue weighted by Gasteiger charge is -2.23. The number of nitrogens with zero attached hydrogens (tertiary/aromatic N) is 1. The van der Waals surface area contributed by atoms with Gasteiger partial charge in [0.2, 0.25) is 0 Å². The summed E-state index contributed by atoms with van der Waals surface area (Å²) in [7, 11) is 0. The van der Waals surface area contributed by atoms with Crippen LogP contribution in [0.4, 0.5) is 0 Å². The van der Waals surface area contributed by atoms with Gasteiger partial charge in [-0.25, -0.2) is 0 Å². The molecule has 0 aliphatic carbocycles. The van der Waals surface area contributed by atoms with E-state index in [1.165, 1.54) is 6.42 Å². The number of ether oxygens (including phenoxy) is 3. The Morgan fingerprint density at radius 3 is 2.42 bits per heavy atom. The Kier molecular flexibility index (Phi) is 11.2. The van der Waals surface area contributed by atoms with E-state index in [0.717, 1.165) is 39.1 Å². The maximum atomic E-state index is 5.72. The van der Waals surface area contributed by atoms with E-state index in [1.807, 2.05) is 0 Å². The Labute approximate surface area is 126 Å². The number of alkyl halides is 2. The minimum atomic E-state index is -0.0265. The van der Waals surface area contributed by atoms with Crippen molar-refractivity contribution >= 4 is 23.2 Å². The molecule has 1 aliphatic heterocycles. The molecule has 0 aromatic carbocycles. The van der Waals surface area contributed by atoms with E-state index < -0.39 is 0 Å². The molecule has 0 N–H and O–H groups in total. The van der Waals surface area contributed by atoms with Crippen LogP contribution in [0.5, 0.6) is 0 Å². The van der Waals surface area contributed by atoms with Crippen LogP contribution in [0.15, 0.2) is 0 Å². The lowest BCUT2D eigenvalue weighted by molar-refractivity contribution is -0.169. The molecule has 1 atom stereocenters. The molecule has 0 aromatic rings. The van der Waals surface area contributed by atoms with Crippen LogP contribution in [0.2, 0.25) is 0 Å². The minimum absolute atomic E-state index is 0.0265. The third-order valence-electron chi connectivity index (χ3n) is 3.02. The van der Waals surface area contributed by atoms with Gasteiger partial charge in [-0.2, -0.15) is 0 Å². The molecule has 0 bridgehead atoms. The quantitative estimate of drug-likeness (QED) is 0.433. The standard InChI is InChI=1S/C13H25Cl2NO3/c14-4-6-16(7-5-15)8-10-17-11-12-19-13-3-1-2-9-18-13/h13H,1-12H2/t13-/m1/s1. The summed E-state index contributed by atoms with van der Waals surface area (Å²) in [6.07, 6.45) is 3.31. The molecule has 0 aromatic heterocycles. The zero-order chi connectivity index (χ0) is 13.8. The molecule has 0 spiro atoms. The van der Waals surface area contributed by atoms with Crippen molar-refractivity contribution in [3.8, 4) is 0 Å². The molecule has 0 unspecified atom stereocenters. The van der Waals surface area contributed by atoms with Gasteiger partial charge < -0.3 is 14.2 Å². The van der Waals surface area contributed by atoms with Crippen molar-refractivity contribution in [3.63, 3.8) is 0 Å². The Bertz CT molecular complexity index is 198. The van der Waals surface area contributed by atoms with Gasteiger partial charge in [-0.15, -0.1) is 23.2 Å². The second-order valence-corrected chi connectivity index (χ2v) is 5.25. The molecule has 4 nitrogen and oxygen atoms in total. The first-order chi connectivity index (χ1) is 9.36. The van der Waals surface area contributed by atoms with Gasteiger partial charge in [-0.1, -0.05) is 0 Å². The first-order valence-electron chi connectivity index (χ1n) is 7.02. The van der Waals surface area contributed by atoms with E-state index in [9.17, 15) is 0 Å². The molecule has 0 radical (unpaired) electrons. The van der Waals surface area contributed by atoms with Crippen molar-refractivity contribution < 1.29 is 14.2 Å². The first kappa shape index (κ1) is 17.5. The maximum Gasteiger partial charge on any atom is 0.157 e. The molecule has 1 aliphatic rings. The van der Waals surface area contributed by atoms with Crippen LogP contribution >= 0.6 is 23.2 Å². The predicted molar refractivity (Wildman–Crippen MR) is 78.2 cm³/mol. The fraction of sp³-hybridized carbons (Fsp3) is 1.00. The van der Waals surface area contributed by atoms with Crippen LogP contribution in [0, 0.1) is 0 Å². The number of hydrogen-bond donors (Lipinski definition) is 0. The maximum absolute atomic E-state index is 5.72. The highest BCUT2D eigenvalue weighted by atomic mass is 35.5. The van der Waals surface area contributed by atoms with Gasteiger partial charge in [0.15, 0.2) is 6.29 Å². The van der Waals surface area contributed by atoms with E-state index >= 15 is 0 Å². The average Bonchev–Trinajstić information content (AvgIpc) is 2.44. The van der Waals surface area contributed by atoms with Crippen molar-refractivity contribution in [2.45, 2.75) is 25.6 Å². The molecule has 1 fully saturated rings. The first-order valence-corrected chi connectivity index (χ1v) is 8.09. The summed E-state index contributed by atoms with van der Waals surface area (Å²) in [6.45, 7) is 5.26. The van der Waals surface area contributed by atoms with Gasteiger partial charge in [0.25, 0.3) is 0 Å². The molecule has 0 amide bonds. The normalized spacial score (nSPS) is 20.1. The Balaban J connectivity index is 1.91. The summed E-state index contributed by atoms with van der Waals surface area (Å²) >= 11 is 11.4. The van der Waals surface area contributed by atoms with E-state index in [-0.39, 0.29) is 6.29 Å². The molecular weight excluding hydrogens is 289 g/mol. The highest BCUT2D eigenvalue weighted by Gasteiger charge is 2.13. The highest BCUT2D eigenvalue weighted by molar-refractivity contribution is 6.18. The van der Waals surface area contributed by atoms with Crippen LogP contribution < -0.4 is 0 Å². The number of hydrogen-bond acceptors (Lipinski definition) is 4. The zero-order valence-corrected chi connectivity index (χ0v) is 13.0. The second-order valence-electron chi connectivity index (χ2n) is 4.50. The SMILES string of the molecule is ClCCN(CCCl)CCOCCO[C@@H]1CCCCO1. The van der Waals surface area contributed by atoms with E-state index in [1.54, 1.807) is 0 Å². The van der Waals surface area contributed by atoms with Gasteiger partial charge in [0, 0.05) is 38.0 Å². The fourth-order valence-corrected chi connectivity index (χ4v) is 2.43. The van der Waals surface area contributed by atoms with E-state index in [0.29, 0.717) is 31.6 Å². The lowest BCUT2D eigenvalue weighted by atomic mass is 10.2. The van der Waals surface area contributed by atoms with Crippen LogP contribution in [0.1, 0.15) is 19.3 Å². The second kappa shape index (κ2) is 12.2. The van der Waals surface area contributed by atoms with Gasteiger partial charge >= 0.3 is 0 Å². The smallest absolute Gasteiger partial charge is 0.157 e. The molecule has 1 rings (SSSR count). The van der Waals surface area contributed by atoms with Crippen molar-refractivity contribution in [2.75, 3.05) is 57.8 Å². The minimum Gasteiger partial charge on any atom is -0.378 e. The largest absolute Gasteiger partial charge is 0.378 e. The molecule has 6 heteroatoms. The molecule has 19 heavy (non-hydrogen) atoms. The van der Waals surface area contributed by atoms with Crippen molar-refractivity contribution in [3.05, 3.63) is 0 Å². The Hall–Kier alpha value is 0.420. The van der Waals surface area contributed by atoms with E-state index in [2.05, 4.69) is 4.90 Å². The lowest BCUT2D eigenvalue weighted by Crippen LogP contribution is -2.31. The molecule has 1 heterocycles. The summed E-state index contributed by atoms with van der Waals surface area (Å²) in [5, 5.41) is 0. The zero-order valence-electron chi connectivity index (χ0n) is 11.5. The highest BCUT2D eigenvalue weighted by Crippen LogP contribution is 2.13. The third kappa shape index (κ3) is 9.05. The summed E-state index contributed by atoms with van der Waals surface area (Å²) in [5.74, 6) is 1.25. The summed E-state index contributed by atoms with van der Waals surface area (Å²) < 4.78 is 16.6. The van der Waals surface area contributed by atoms with Crippen LogP contribution in [-0.2, 0) is 14.2 Å². The topological polar surface area (TPSA) is 30.9 Å². The molecule has 114 valence electrons. The van der Waals surface area contributed by atoms with E-state index in [4.69, 9.17) is 37.4 Å². The summed E-state index contributed by atoms with van der Waals surface area (Å²) in [4.78, 5) is 2.20. The van der Waals surface area contributed by atoms with Crippen LogP contribution in [-0.4, -0.2) is 69.0 Å².